The molecule has 4 rings (SSSR count). The number of carbonyl (C=O) groups is 3. The summed E-state index contributed by atoms with van der Waals surface area (Å²) in [7, 11) is 0. The van der Waals surface area contributed by atoms with Gasteiger partial charge >= 0.3 is 0 Å². The summed E-state index contributed by atoms with van der Waals surface area (Å²) in [5.41, 5.74) is 1.38. The second kappa shape index (κ2) is 12.1. The first-order chi connectivity index (χ1) is 17.4. The van der Waals surface area contributed by atoms with Crippen molar-refractivity contribution in [2.24, 2.45) is 0 Å². The van der Waals surface area contributed by atoms with Gasteiger partial charge in [0.15, 0.2) is 6.61 Å². The maximum Gasteiger partial charge on any atom is 0.293 e. The third-order valence-electron chi connectivity index (χ3n) is 4.95. The lowest BCUT2D eigenvalue weighted by atomic mass is 10.2. The molecule has 3 aromatic rings. The van der Waals surface area contributed by atoms with E-state index in [4.69, 9.17) is 21.1 Å². The van der Waals surface area contributed by atoms with Gasteiger partial charge in [-0.1, -0.05) is 48.0 Å². The Balaban J connectivity index is 1.33. The van der Waals surface area contributed by atoms with E-state index >= 15 is 0 Å². The fourth-order valence-corrected chi connectivity index (χ4v) is 4.80. The SMILES string of the molecule is O=C(COc1ccc(/C=C2\SC(=O)N(CCOc3ccccc3Cl)C2=O)cc1Br)Nc1ccccc1. The number of rotatable bonds is 9. The molecule has 0 saturated carbocycles. The zero-order valence-electron chi connectivity index (χ0n) is 18.8. The Labute approximate surface area is 225 Å². The third kappa shape index (κ3) is 6.69. The van der Waals surface area contributed by atoms with Crippen molar-refractivity contribution in [3.63, 3.8) is 0 Å². The van der Waals surface area contributed by atoms with E-state index in [-0.39, 0.29) is 36.8 Å². The van der Waals surface area contributed by atoms with Crippen molar-refractivity contribution in [1.29, 1.82) is 0 Å². The van der Waals surface area contributed by atoms with Crippen LogP contribution in [0.5, 0.6) is 11.5 Å². The molecule has 0 aliphatic carbocycles. The summed E-state index contributed by atoms with van der Waals surface area (Å²) in [4.78, 5) is 38.7. The van der Waals surface area contributed by atoms with E-state index < -0.39 is 0 Å². The maximum atomic E-state index is 12.8. The molecule has 1 fully saturated rings. The molecule has 1 aliphatic heterocycles. The van der Waals surface area contributed by atoms with Crippen molar-refractivity contribution in [3.8, 4) is 11.5 Å². The highest BCUT2D eigenvalue weighted by Gasteiger charge is 2.34. The van der Waals surface area contributed by atoms with E-state index in [0.29, 0.717) is 37.2 Å². The maximum absolute atomic E-state index is 12.8. The van der Waals surface area contributed by atoms with Gasteiger partial charge in [0.2, 0.25) is 0 Å². The molecule has 3 aromatic carbocycles. The van der Waals surface area contributed by atoms with Gasteiger partial charge < -0.3 is 14.8 Å². The van der Waals surface area contributed by atoms with Gasteiger partial charge in [-0.05, 0) is 75.7 Å². The molecule has 0 bridgehead atoms. The van der Waals surface area contributed by atoms with Crippen molar-refractivity contribution in [1.82, 2.24) is 4.90 Å². The third-order valence-corrected chi connectivity index (χ3v) is 6.79. The molecule has 1 N–H and O–H groups in total. The lowest BCUT2D eigenvalue weighted by Crippen LogP contribution is -2.32. The molecule has 10 heteroatoms. The molecule has 0 atom stereocenters. The van der Waals surface area contributed by atoms with Crippen LogP contribution in [0.15, 0.2) is 82.2 Å². The zero-order chi connectivity index (χ0) is 25.5. The van der Waals surface area contributed by atoms with E-state index in [1.54, 1.807) is 60.7 Å². The highest BCUT2D eigenvalue weighted by atomic mass is 79.9. The average molecular weight is 588 g/mol. The molecule has 1 heterocycles. The fourth-order valence-electron chi connectivity index (χ4n) is 3.24. The van der Waals surface area contributed by atoms with Gasteiger partial charge in [0.25, 0.3) is 17.1 Å². The van der Waals surface area contributed by atoms with Crippen molar-refractivity contribution >= 4 is 68.1 Å². The number of anilines is 1. The first-order valence-electron chi connectivity index (χ1n) is 10.8. The number of ether oxygens (including phenoxy) is 2. The molecule has 0 radical (unpaired) electrons. The number of amides is 3. The fraction of sp³-hybridized carbons (Fsp3) is 0.115. The number of halogens is 2. The largest absolute Gasteiger partial charge is 0.490 e. The van der Waals surface area contributed by atoms with Crippen LogP contribution in [-0.4, -0.2) is 41.7 Å². The predicted molar refractivity (Wildman–Crippen MR) is 144 cm³/mol. The van der Waals surface area contributed by atoms with Gasteiger partial charge in [0.1, 0.15) is 18.1 Å². The number of benzene rings is 3. The molecule has 3 amide bonds. The Kier molecular flexibility index (Phi) is 8.69. The zero-order valence-corrected chi connectivity index (χ0v) is 21.9. The summed E-state index contributed by atoms with van der Waals surface area (Å²) < 4.78 is 11.8. The number of para-hydroxylation sites is 2. The second-order valence-electron chi connectivity index (χ2n) is 7.50. The summed E-state index contributed by atoms with van der Waals surface area (Å²) in [6, 6.07) is 21.3. The molecule has 1 saturated heterocycles. The summed E-state index contributed by atoms with van der Waals surface area (Å²) in [6.07, 6.45) is 1.64. The van der Waals surface area contributed by atoms with Crippen LogP contribution in [-0.2, 0) is 9.59 Å². The summed E-state index contributed by atoms with van der Waals surface area (Å²) in [6.45, 7) is 0.0707. The van der Waals surface area contributed by atoms with Gasteiger partial charge in [-0.3, -0.25) is 19.3 Å². The van der Waals surface area contributed by atoms with E-state index in [9.17, 15) is 14.4 Å². The van der Waals surface area contributed by atoms with Gasteiger partial charge in [0.05, 0.1) is 20.9 Å². The highest BCUT2D eigenvalue weighted by molar-refractivity contribution is 9.10. The first kappa shape index (κ1) is 25.8. The summed E-state index contributed by atoms with van der Waals surface area (Å²) >= 11 is 10.4. The van der Waals surface area contributed by atoms with E-state index in [1.807, 2.05) is 18.2 Å². The minimum Gasteiger partial charge on any atom is -0.490 e. The molecule has 184 valence electrons. The number of thioether (sulfide) groups is 1. The van der Waals surface area contributed by atoms with E-state index in [0.717, 1.165) is 16.7 Å². The number of hydrogen-bond donors (Lipinski definition) is 1. The van der Waals surface area contributed by atoms with E-state index in [2.05, 4.69) is 21.2 Å². The van der Waals surface area contributed by atoms with Gasteiger partial charge in [0, 0.05) is 5.69 Å². The predicted octanol–water partition coefficient (Wildman–Crippen LogP) is 6.24. The Morgan fingerprint density at radius 2 is 1.75 bits per heavy atom. The minimum atomic E-state index is -0.387. The topological polar surface area (TPSA) is 84.9 Å². The lowest BCUT2D eigenvalue weighted by molar-refractivity contribution is -0.123. The molecule has 36 heavy (non-hydrogen) atoms. The Morgan fingerprint density at radius 1 is 1.00 bits per heavy atom. The quantitative estimate of drug-likeness (QED) is 0.299. The lowest BCUT2D eigenvalue weighted by Gasteiger charge is -2.13. The second-order valence-corrected chi connectivity index (χ2v) is 9.76. The molecule has 0 unspecified atom stereocenters. The Hall–Kier alpha value is -3.27. The monoisotopic (exact) mass is 586 g/mol. The molecule has 0 spiro atoms. The Bertz CT molecular complexity index is 1320. The first-order valence-corrected chi connectivity index (χ1v) is 12.8. The Morgan fingerprint density at radius 3 is 2.50 bits per heavy atom. The average Bonchev–Trinajstić information content (AvgIpc) is 3.12. The van der Waals surface area contributed by atoms with Crippen molar-refractivity contribution < 1.29 is 23.9 Å². The summed E-state index contributed by atoms with van der Waals surface area (Å²) in [5.74, 6) is 0.290. The van der Waals surface area contributed by atoms with E-state index in [1.165, 1.54) is 0 Å². The van der Waals surface area contributed by atoms with Crippen LogP contribution in [0.1, 0.15) is 5.56 Å². The number of nitrogens with one attached hydrogen (secondary N) is 1. The number of nitrogens with zero attached hydrogens (tertiary/aromatic N) is 1. The number of hydrogen-bond acceptors (Lipinski definition) is 6. The molecular formula is C26H20BrClN2O5S. The van der Waals surface area contributed by atoms with Crippen LogP contribution >= 0.6 is 39.3 Å². The molecular weight excluding hydrogens is 568 g/mol. The van der Waals surface area contributed by atoms with Crippen molar-refractivity contribution in [2.75, 3.05) is 25.1 Å². The van der Waals surface area contributed by atoms with Gasteiger partial charge in [-0.15, -0.1) is 0 Å². The minimum absolute atomic E-state index is 0.106. The van der Waals surface area contributed by atoms with Crippen LogP contribution in [0.4, 0.5) is 10.5 Å². The van der Waals surface area contributed by atoms with Crippen molar-refractivity contribution in [2.45, 2.75) is 0 Å². The van der Waals surface area contributed by atoms with Crippen LogP contribution in [0.25, 0.3) is 6.08 Å². The smallest absolute Gasteiger partial charge is 0.293 e. The highest BCUT2D eigenvalue weighted by Crippen LogP contribution is 2.34. The normalized spacial score (nSPS) is 14.3. The molecule has 0 aromatic heterocycles. The van der Waals surface area contributed by atoms with Crippen LogP contribution < -0.4 is 14.8 Å². The van der Waals surface area contributed by atoms with Crippen LogP contribution in [0, 0.1) is 0 Å². The summed E-state index contributed by atoms with van der Waals surface area (Å²) in [5, 5.41) is 2.85. The van der Waals surface area contributed by atoms with Gasteiger partial charge in [-0.2, -0.15) is 0 Å². The van der Waals surface area contributed by atoms with Crippen molar-refractivity contribution in [3.05, 3.63) is 92.8 Å². The van der Waals surface area contributed by atoms with Crippen LogP contribution in [0.3, 0.4) is 0 Å². The van der Waals surface area contributed by atoms with Crippen LogP contribution in [0.2, 0.25) is 5.02 Å². The standard InChI is InChI=1S/C26H20BrClN2O5S/c27-19-14-17(10-11-21(19)35-16-24(31)29-18-6-2-1-3-7-18)15-23-25(32)30(26(33)36-23)12-13-34-22-9-5-4-8-20(22)28/h1-11,14-15H,12-13,16H2,(H,29,31)/b23-15-. The molecule has 1 aliphatic rings. The van der Waals surface area contributed by atoms with Gasteiger partial charge in [-0.25, -0.2) is 0 Å². The number of carbonyl (C=O) groups excluding carboxylic acids is 3. The number of imide groups is 1. The molecule has 7 nitrogen and oxygen atoms in total.